The molecule has 1 aromatic heterocycles. The van der Waals surface area contributed by atoms with Crippen molar-refractivity contribution in [2.75, 3.05) is 6.54 Å². The smallest absolute Gasteiger partial charge is 0.485 e. The van der Waals surface area contributed by atoms with Crippen LogP contribution in [0.1, 0.15) is 5.69 Å². The van der Waals surface area contributed by atoms with Gasteiger partial charge in [-0.15, -0.1) is 0 Å². The third-order valence-corrected chi connectivity index (χ3v) is 2.69. The molecule has 0 atom stereocenters. The first-order valence-corrected chi connectivity index (χ1v) is 7.09. The van der Waals surface area contributed by atoms with Gasteiger partial charge in [0, 0.05) is 12.1 Å². The molecule has 0 aliphatic rings. The second-order valence-corrected chi connectivity index (χ2v) is 4.97. The molecule has 118 valence electrons. The lowest BCUT2D eigenvalue weighted by molar-refractivity contribution is -0.703. The molecule has 0 bridgehead atoms. The summed E-state index contributed by atoms with van der Waals surface area (Å²) in [4.78, 5) is 3.80. The number of aliphatic hydroxyl groups excluding tert-OH is 1. The van der Waals surface area contributed by atoms with E-state index < -0.39 is 15.6 Å². The van der Waals surface area contributed by atoms with Gasteiger partial charge in [0.05, 0.1) is 5.16 Å². The van der Waals surface area contributed by atoms with Gasteiger partial charge in [-0.05, 0) is 12.2 Å². The van der Waals surface area contributed by atoms with Crippen LogP contribution in [0.25, 0.3) is 0 Å². The Balaban J connectivity index is 0.000000433. The van der Waals surface area contributed by atoms with Crippen LogP contribution in [0.3, 0.4) is 0 Å². The van der Waals surface area contributed by atoms with E-state index in [0.717, 1.165) is 12.2 Å². The molecule has 1 heterocycles. The van der Waals surface area contributed by atoms with Gasteiger partial charge >= 0.3 is 5.51 Å². The highest BCUT2D eigenvalue weighted by atomic mass is 32.2. The number of aliphatic imine (C=N–C) groups is 1. The molecule has 0 saturated heterocycles. The third kappa shape index (κ3) is 7.83. The van der Waals surface area contributed by atoms with Gasteiger partial charge in [-0.1, -0.05) is 6.07 Å². The molecule has 0 unspecified atom stereocenters. The number of rotatable bonds is 4. The molecule has 21 heavy (non-hydrogen) atoms. The van der Waals surface area contributed by atoms with Crippen molar-refractivity contribution in [1.82, 2.24) is 0 Å². The zero-order valence-electron chi connectivity index (χ0n) is 10.4. The summed E-state index contributed by atoms with van der Waals surface area (Å²) in [5.41, 5.74) is -4.77. The zero-order chi connectivity index (χ0) is 16.5. The molecule has 0 radical (unpaired) electrons. The summed E-state index contributed by atoms with van der Waals surface area (Å²) in [5, 5.41) is 11.3. The number of aromatic nitrogens is 1. The van der Waals surface area contributed by atoms with E-state index in [1.807, 2.05) is 29.0 Å². The van der Waals surface area contributed by atoms with E-state index in [4.69, 9.17) is 18.1 Å². The second kappa shape index (κ2) is 8.80. The maximum atomic E-state index is 10.7. The van der Waals surface area contributed by atoms with Gasteiger partial charge in [0.25, 0.3) is 0 Å². The number of halogens is 3. The average molecular weight is 344 g/mol. The molecule has 0 amide bonds. The van der Waals surface area contributed by atoms with Crippen molar-refractivity contribution >= 4 is 27.5 Å². The molecule has 1 rings (SSSR count). The Kier molecular flexibility index (Phi) is 8.22. The van der Waals surface area contributed by atoms with Crippen LogP contribution in [0.2, 0.25) is 0 Å². The first-order chi connectivity index (χ1) is 9.63. The Hall–Kier alpha value is -1.39. The van der Waals surface area contributed by atoms with Crippen LogP contribution in [-0.2, 0) is 23.3 Å². The molecule has 0 fully saturated rings. The predicted molar refractivity (Wildman–Crippen MR) is 68.2 cm³/mol. The topological polar surface area (TPSA) is 93.7 Å². The lowest BCUT2D eigenvalue weighted by Crippen LogP contribution is -2.39. The molecule has 0 aliphatic carbocycles. The first kappa shape index (κ1) is 19.6. The molecule has 11 heteroatoms. The lowest BCUT2D eigenvalue weighted by Gasteiger charge is -2.08. The molecule has 0 saturated carbocycles. The van der Waals surface area contributed by atoms with Crippen molar-refractivity contribution in [2.24, 2.45) is 4.99 Å². The van der Waals surface area contributed by atoms with Crippen molar-refractivity contribution in [1.29, 1.82) is 0 Å². The van der Waals surface area contributed by atoms with Crippen molar-refractivity contribution in [2.45, 2.75) is 18.7 Å². The van der Waals surface area contributed by atoms with Gasteiger partial charge in [0.15, 0.2) is 22.9 Å². The number of aliphatic hydroxyl groups is 1. The average Bonchev–Trinajstić information content (AvgIpc) is 2.38. The molecule has 0 aromatic carbocycles. The summed E-state index contributed by atoms with van der Waals surface area (Å²) in [5.74, 6) is 0. The van der Waals surface area contributed by atoms with Crippen molar-refractivity contribution in [3.05, 3.63) is 30.1 Å². The highest BCUT2D eigenvalue weighted by Gasteiger charge is 2.36. The summed E-state index contributed by atoms with van der Waals surface area (Å²) < 4.78 is 60.8. The van der Waals surface area contributed by atoms with E-state index in [1.165, 1.54) is 0 Å². The molecule has 0 spiro atoms. The summed E-state index contributed by atoms with van der Waals surface area (Å²) in [6, 6.07) is 5.69. The fourth-order valence-electron chi connectivity index (χ4n) is 1.08. The van der Waals surface area contributed by atoms with E-state index in [2.05, 4.69) is 22.4 Å². The third-order valence-electron chi connectivity index (χ3n) is 2.00. The van der Waals surface area contributed by atoms with Gasteiger partial charge in [-0.3, -0.25) is 0 Å². The molecule has 0 aliphatic heterocycles. The van der Waals surface area contributed by atoms with E-state index in [0.29, 0.717) is 6.54 Å². The Bertz CT molecular complexity index is 599. The van der Waals surface area contributed by atoms with Gasteiger partial charge in [0.2, 0.25) is 5.69 Å². The summed E-state index contributed by atoms with van der Waals surface area (Å²) >= 11 is 4.45. The highest BCUT2D eigenvalue weighted by Crippen LogP contribution is 2.20. The summed E-state index contributed by atoms with van der Waals surface area (Å²) in [6.45, 7) is 1.37. The van der Waals surface area contributed by atoms with Crippen LogP contribution in [0.4, 0.5) is 13.2 Å². The van der Waals surface area contributed by atoms with Crippen LogP contribution in [0.15, 0.2) is 29.4 Å². The molecule has 1 aromatic rings. The Morgan fingerprint density at radius 2 is 2.00 bits per heavy atom. The normalized spacial score (nSPS) is 11.1. The van der Waals surface area contributed by atoms with Crippen LogP contribution in [0, 0.1) is 0 Å². The predicted octanol–water partition coefficient (Wildman–Crippen LogP) is 0.621. The Morgan fingerprint density at radius 1 is 1.43 bits per heavy atom. The van der Waals surface area contributed by atoms with Gasteiger partial charge in [-0.2, -0.15) is 17.7 Å². The number of isothiocyanates is 1. The van der Waals surface area contributed by atoms with E-state index in [-0.39, 0.29) is 6.61 Å². The molecular weight excluding hydrogens is 333 g/mol. The largest absolute Gasteiger partial charge is 0.741 e. The monoisotopic (exact) mass is 344 g/mol. The summed E-state index contributed by atoms with van der Waals surface area (Å²) in [7, 11) is -6.09. The number of hydrogen-bond donors (Lipinski definition) is 1. The van der Waals surface area contributed by atoms with Crippen LogP contribution >= 0.6 is 12.2 Å². The fraction of sp³-hybridized carbons (Fsp3) is 0.400. The number of thiocarbonyl (C=S) groups is 1. The van der Waals surface area contributed by atoms with E-state index in [1.54, 1.807) is 0 Å². The quantitative estimate of drug-likeness (QED) is 0.284. The highest BCUT2D eigenvalue weighted by molar-refractivity contribution is 7.86. The zero-order valence-corrected chi connectivity index (χ0v) is 12.1. The van der Waals surface area contributed by atoms with E-state index in [9.17, 15) is 13.2 Å². The van der Waals surface area contributed by atoms with Gasteiger partial charge in [-0.25, -0.2) is 13.4 Å². The number of alkyl halides is 3. The van der Waals surface area contributed by atoms with Crippen LogP contribution in [-0.4, -0.2) is 35.3 Å². The van der Waals surface area contributed by atoms with Gasteiger partial charge in [0.1, 0.15) is 13.2 Å². The second-order valence-electron chi connectivity index (χ2n) is 3.42. The fourth-order valence-corrected chi connectivity index (χ4v) is 1.17. The standard InChI is InChI=1S/C9H11N2OS.CHF3O3S/c12-7-9-3-1-2-5-11(9)6-4-10-8-13;2-1(3,4)8(5,6)7/h1-3,5,12H,4,6-7H2;(H,5,6,7)/q+1;/p-1. The number of pyridine rings is 1. The van der Waals surface area contributed by atoms with Crippen LogP contribution < -0.4 is 4.57 Å². The molecule has 6 nitrogen and oxygen atoms in total. The maximum Gasteiger partial charge on any atom is 0.485 e. The van der Waals surface area contributed by atoms with Crippen molar-refractivity contribution < 1.29 is 35.8 Å². The van der Waals surface area contributed by atoms with Gasteiger partial charge < -0.3 is 9.66 Å². The molecular formula is C10H11F3N2O4S2. The van der Waals surface area contributed by atoms with Crippen molar-refractivity contribution in [3.8, 4) is 0 Å². The minimum atomic E-state index is -6.09. The maximum absolute atomic E-state index is 10.7. The minimum Gasteiger partial charge on any atom is -0.741 e. The molecule has 1 N–H and O–H groups in total. The summed E-state index contributed by atoms with van der Waals surface area (Å²) in [6.07, 6.45) is 1.91. The Morgan fingerprint density at radius 3 is 2.43 bits per heavy atom. The SMILES string of the molecule is O=S(=O)([O-])C(F)(F)F.OCc1cccc[n+]1CCN=C=S. The van der Waals surface area contributed by atoms with E-state index >= 15 is 0 Å². The Labute approximate surface area is 124 Å². The van der Waals surface area contributed by atoms with Crippen molar-refractivity contribution in [3.63, 3.8) is 0 Å². The first-order valence-electron chi connectivity index (χ1n) is 5.27. The number of hydrogen-bond acceptors (Lipinski definition) is 6. The number of nitrogens with zero attached hydrogens (tertiary/aromatic N) is 2. The lowest BCUT2D eigenvalue weighted by atomic mass is 10.3. The van der Waals surface area contributed by atoms with Crippen LogP contribution in [0.5, 0.6) is 0 Å². The minimum absolute atomic E-state index is 0.0438.